The number of fused-ring (bicyclic) bond motifs is 1. The van der Waals surface area contributed by atoms with E-state index in [0.717, 1.165) is 5.56 Å². The summed E-state index contributed by atoms with van der Waals surface area (Å²) in [5.41, 5.74) is 1.30. The molecule has 0 unspecified atom stereocenters. The molecule has 1 heterocycles. The molecule has 1 aliphatic rings. The summed E-state index contributed by atoms with van der Waals surface area (Å²) in [5.74, 6) is -0.409. The molecule has 0 bridgehead atoms. The fraction of sp³-hybridized carbons (Fsp3) is 0.318. The second-order valence-electron chi connectivity index (χ2n) is 6.67. The molecule has 0 atom stereocenters. The van der Waals surface area contributed by atoms with Gasteiger partial charge in [-0.15, -0.1) is 0 Å². The van der Waals surface area contributed by atoms with Gasteiger partial charge in [0.2, 0.25) is 0 Å². The van der Waals surface area contributed by atoms with Crippen molar-refractivity contribution in [1.82, 2.24) is 5.32 Å². The van der Waals surface area contributed by atoms with E-state index in [0.29, 0.717) is 43.2 Å². The summed E-state index contributed by atoms with van der Waals surface area (Å²) in [4.78, 5) is 35.5. The Labute approximate surface area is 173 Å². The van der Waals surface area contributed by atoms with Gasteiger partial charge >= 0.3 is 5.97 Å². The average molecular weight is 415 g/mol. The molecule has 0 aliphatic carbocycles. The van der Waals surface area contributed by atoms with Gasteiger partial charge in [-0.25, -0.2) is 4.39 Å². The van der Waals surface area contributed by atoms with Gasteiger partial charge < -0.3 is 19.5 Å². The van der Waals surface area contributed by atoms with Gasteiger partial charge in [-0.05, 0) is 48.4 Å². The number of amides is 1. The molecule has 1 aliphatic heterocycles. The number of nitrogens with one attached hydrogen (secondary N) is 1. The van der Waals surface area contributed by atoms with Crippen molar-refractivity contribution >= 4 is 17.7 Å². The number of carbonyl (C=O) groups excluding carboxylic acids is 3. The third-order valence-corrected chi connectivity index (χ3v) is 4.43. The van der Waals surface area contributed by atoms with E-state index in [2.05, 4.69) is 5.32 Å². The zero-order chi connectivity index (χ0) is 21.3. The van der Waals surface area contributed by atoms with Gasteiger partial charge in [0, 0.05) is 18.5 Å². The Kier molecular flexibility index (Phi) is 7.37. The van der Waals surface area contributed by atoms with Crippen molar-refractivity contribution in [1.29, 1.82) is 0 Å². The first kappa shape index (κ1) is 21.3. The van der Waals surface area contributed by atoms with E-state index in [-0.39, 0.29) is 18.6 Å². The summed E-state index contributed by atoms with van der Waals surface area (Å²) in [5, 5.41) is 2.67. The maximum atomic E-state index is 12.9. The molecular formula is C22H22FNO6. The molecule has 7 nitrogen and oxygen atoms in total. The van der Waals surface area contributed by atoms with Crippen LogP contribution in [-0.4, -0.2) is 44.0 Å². The maximum absolute atomic E-state index is 12.9. The van der Waals surface area contributed by atoms with Crippen LogP contribution in [0.4, 0.5) is 4.39 Å². The summed E-state index contributed by atoms with van der Waals surface area (Å²) in [6.07, 6.45) is 0.360. The monoisotopic (exact) mass is 415 g/mol. The van der Waals surface area contributed by atoms with Crippen molar-refractivity contribution in [2.75, 3.05) is 26.4 Å². The Morgan fingerprint density at radius 3 is 2.47 bits per heavy atom. The lowest BCUT2D eigenvalue weighted by molar-refractivity contribution is -0.148. The first-order chi connectivity index (χ1) is 14.5. The Morgan fingerprint density at radius 2 is 1.70 bits per heavy atom. The van der Waals surface area contributed by atoms with Crippen LogP contribution in [0.2, 0.25) is 0 Å². The molecule has 1 N–H and O–H groups in total. The second kappa shape index (κ2) is 10.4. The fourth-order valence-electron chi connectivity index (χ4n) is 2.85. The zero-order valence-electron chi connectivity index (χ0n) is 16.3. The summed E-state index contributed by atoms with van der Waals surface area (Å²) in [7, 11) is 0. The quantitative estimate of drug-likeness (QED) is 0.500. The van der Waals surface area contributed by atoms with Crippen LogP contribution < -0.4 is 14.8 Å². The number of halogens is 1. The number of Topliss-reactive ketones (excluding diaryl/α,β-unsaturated/α-hetero) is 1. The van der Waals surface area contributed by atoms with E-state index in [1.165, 1.54) is 24.3 Å². The van der Waals surface area contributed by atoms with Crippen molar-refractivity contribution in [3.63, 3.8) is 0 Å². The van der Waals surface area contributed by atoms with Gasteiger partial charge in [-0.1, -0.05) is 6.07 Å². The largest absolute Gasteiger partial charge is 0.486 e. The molecule has 2 aromatic rings. The molecule has 0 saturated carbocycles. The van der Waals surface area contributed by atoms with Gasteiger partial charge in [-0.2, -0.15) is 0 Å². The van der Waals surface area contributed by atoms with Crippen LogP contribution in [0.1, 0.15) is 28.8 Å². The highest BCUT2D eigenvalue weighted by molar-refractivity contribution is 5.97. The van der Waals surface area contributed by atoms with Crippen molar-refractivity contribution < 1.29 is 33.0 Å². The van der Waals surface area contributed by atoms with Gasteiger partial charge in [0.05, 0.1) is 6.42 Å². The van der Waals surface area contributed by atoms with Gasteiger partial charge in [-0.3, -0.25) is 14.4 Å². The molecule has 8 heteroatoms. The number of ether oxygens (including phenoxy) is 3. The molecule has 2 aromatic carbocycles. The first-order valence-corrected chi connectivity index (χ1v) is 9.61. The highest BCUT2D eigenvalue weighted by Gasteiger charge is 2.13. The number of hydrogen-bond acceptors (Lipinski definition) is 6. The summed E-state index contributed by atoms with van der Waals surface area (Å²) < 4.78 is 28.7. The minimum atomic E-state index is -0.646. The Hall–Kier alpha value is -3.42. The standard InChI is InChI=1S/C22H22FNO6/c23-17-4-2-16(3-5-17)18(25)6-8-22(27)30-14-21(26)24-10-9-15-1-7-19-20(13-15)29-12-11-28-19/h1-5,7,13H,6,8-12,14H2,(H,24,26). The topological polar surface area (TPSA) is 90.9 Å². The fourth-order valence-corrected chi connectivity index (χ4v) is 2.85. The van der Waals surface area contributed by atoms with Crippen molar-refractivity contribution in [3.8, 4) is 11.5 Å². The van der Waals surface area contributed by atoms with Crippen molar-refractivity contribution in [3.05, 3.63) is 59.4 Å². The Bertz CT molecular complexity index is 912. The van der Waals surface area contributed by atoms with Crippen LogP contribution in [0.5, 0.6) is 11.5 Å². The lowest BCUT2D eigenvalue weighted by Gasteiger charge is -2.18. The Balaban J connectivity index is 1.32. The smallest absolute Gasteiger partial charge is 0.306 e. The normalized spacial score (nSPS) is 12.2. The lowest BCUT2D eigenvalue weighted by Crippen LogP contribution is -2.30. The van der Waals surface area contributed by atoms with Gasteiger partial charge in [0.15, 0.2) is 23.9 Å². The summed E-state index contributed by atoms with van der Waals surface area (Å²) in [6, 6.07) is 10.7. The second-order valence-corrected chi connectivity index (χ2v) is 6.67. The SMILES string of the molecule is O=C(COC(=O)CCC(=O)c1ccc(F)cc1)NCCc1ccc2c(c1)OCCO2. The van der Waals surface area contributed by atoms with E-state index in [1.54, 1.807) is 0 Å². The molecular weight excluding hydrogens is 393 g/mol. The van der Waals surface area contributed by atoms with E-state index >= 15 is 0 Å². The molecule has 0 fully saturated rings. The molecule has 0 radical (unpaired) electrons. The predicted molar refractivity (Wildman–Crippen MR) is 105 cm³/mol. The number of ketones is 1. The predicted octanol–water partition coefficient (Wildman–Crippen LogP) is 2.46. The zero-order valence-corrected chi connectivity index (χ0v) is 16.3. The average Bonchev–Trinajstić information content (AvgIpc) is 2.76. The third kappa shape index (κ3) is 6.30. The molecule has 0 aromatic heterocycles. The first-order valence-electron chi connectivity index (χ1n) is 9.61. The van der Waals surface area contributed by atoms with E-state index in [4.69, 9.17) is 14.2 Å². The van der Waals surface area contributed by atoms with Crippen LogP contribution in [0, 0.1) is 5.82 Å². The van der Waals surface area contributed by atoms with E-state index < -0.39 is 24.3 Å². The molecule has 0 spiro atoms. The van der Waals surface area contributed by atoms with Crippen LogP contribution in [0.25, 0.3) is 0 Å². The number of hydrogen-bond donors (Lipinski definition) is 1. The van der Waals surface area contributed by atoms with E-state index in [1.807, 2.05) is 18.2 Å². The van der Waals surface area contributed by atoms with Crippen LogP contribution in [-0.2, 0) is 20.7 Å². The van der Waals surface area contributed by atoms with Crippen molar-refractivity contribution in [2.24, 2.45) is 0 Å². The highest BCUT2D eigenvalue weighted by atomic mass is 19.1. The number of carbonyl (C=O) groups is 3. The number of benzene rings is 2. The minimum absolute atomic E-state index is 0.0732. The number of esters is 1. The minimum Gasteiger partial charge on any atom is -0.486 e. The molecule has 3 rings (SSSR count). The summed E-state index contributed by atoms with van der Waals surface area (Å²) >= 11 is 0. The molecule has 0 saturated heterocycles. The maximum Gasteiger partial charge on any atom is 0.306 e. The Morgan fingerprint density at radius 1 is 0.967 bits per heavy atom. The van der Waals surface area contributed by atoms with Crippen molar-refractivity contribution in [2.45, 2.75) is 19.3 Å². The van der Waals surface area contributed by atoms with Gasteiger partial charge in [0.1, 0.15) is 19.0 Å². The highest BCUT2D eigenvalue weighted by Crippen LogP contribution is 2.30. The van der Waals surface area contributed by atoms with E-state index in [9.17, 15) is 18.8 Å². The van der Waals surface area contributed by atoms with Crippen LogP contribution >= 0.6 is 0 Å². The molecule has 1 amide bonds. The molecule has 30 heavy (non-hydrogen) atoms. The molecule has 158 valence electrons. The lowest BCUT2D eigenvalue weighted by atomic mass is 10.1. The van der Waals surface area contributed by atoms with Crippen LogP contribution in [0.3, 0.4) is 0 Å². The van der Waals surface area contributed by atoms with Gasteiger partial charge in [0.25, 0.3) is 5.91 Å². The summed E-state index contributed by atoms with van der Waals surface area (Å²) in [6.45, 7) is 0.999. The third-order valence-electron chi connectivity index (χ3n) is 4.43. The number of rotatable bonds is 9. The van der Waals surface area contributed by atoms with Crippen LogP contribution in [0.15, 0.2) is 42.5 Å².